The minimum absolute atomic E-state index is 0.223. The van der Waals surface area contributed by atoms with Crippen LogP contribution in [0.1, 0.15) is 15.9 Å². The second-order valence-corrected chi connectivity index (χ2v) is 6.78. The van der Waals surface area contributed by atoms with Crippen LogP contribution in [0, 0.1) is 6.92 Å². The summed E-state index contributed by atoms with van der Waals surface area (Å²) in [5.41, 5.74) is 4.43. The Labute approximate surface area is 174 Å². The van der Waals surface area contributed by atoms with Crippen molar-refractivity contribution in [3.8, 4) is 22.8 Å². The van der Waals surface area contributed by atoms with Crippen LogP contribution in [0.4, 0.5) is 5.69 Å². The molecule has 0 spiro atoms. The second-order valence-electron chi connectivity index (χ2n) is 6.78. The Morgan fingerprint density at radius 2 is 1.63 bits per heavy atom. The Balaban J connectivity index is 1.78. The van der Waals surface area contributed by atoms with Crippen molar-refractivity contribution in [2.24, 2.45) is 0 Å². The van der Waals surface area contributed by atoms with E-state index < -0.39 is 0 Å². The molecule has 6 nitrogen and oxygen atoms in total. The summed E-state index contributed by atoms with van der Waals surface area (Å²) in [5.74, 6) is 0.942. The number of amides is 1. The van der Waals surface area contributed by atoms with Crippen LogP contribution in [0.5, 0.6) is 11.5 Å². The van der Waals surface area contributed by atoms with Gasteiger partial charge in [-0.2, -0.15) is 0 Å². The Bertz CT molecular complexity index is 1220. The van der Waals surface area contributed by atoms with Gasteiger partial charge in [0.25, 0.3) is 5.91 Å². The number of fused-ring (bicyclic) bond motifs is 1. The van der Waals surface area contributed by atoms with E-state index in [1.165, 1.54) is 0 Å². The summed E-state index contributed by atoms with van der Waals surface area (Å²) in [7, 11) is 3.15. The number of carbonyl (C=O) groups is 1. The van der Waals surface area contributed by atoms with E-state index in [1.807, 2.05) is 55.5 Å². The number of pyridine rings is 2. The minimum Gasteiger partial charge on any atom is -0.493 e. The monoisotopic (exact) mass is 399 g/mol. The third-order valence-corrected chi connectivity index (χ3v) is 4.92. The molecule has 4 aromatic rings. The number of ether oxygens (including phenoxy) is 2. The highest BCUT2D eigenvalue weighted by Gasteiger charge is 2.16. The molecule has 0 unspecified atom stereocenters. The molecular formula is C24H21N3O3. The van der Waals surface area contributed by atoms with E-state index in [-0.39, 0.29) is 5.91 Å². The quantitative estimate of drug-likeness (QED) is 0.518. The van der Waals surface area contributed by atoms with Crippen molar-refractivity contribution in [3.63, 3.8) is 0 Å². The van der Waals surface area contributed by atoms with Gasteiger partial charge in [0.15, 0.2) is 11.5 Å². The van der Waals surface area contributed by atoms with Gasteiger partial charge in [0.05, 0.1) is 31.0 Å². The zero-order chi connectivity index (χ0) is 21.1. The fraction of sp³-hybridized carbons (Fsp3) is 0.125. The van der Waals surface area contributed by atoms with Gasteiger partial charge >= 0.3 is 0 Å². The lowest BCUT2D eigenvalue weighted by Gasteiger charge is -2.15. The van der Waals surface area contributed by atoms with E-state index >= 15 is 0 Å². The molecule has 2 heterocycles. The first-order valence-corrected chi connectivity index (χ1v) is 9.45. The van der Waals surface area contributed by atoms with Crippen LogP contribution >= 0.6 is 0 Å². The van der Waals surface area contributed by atoms with Crippen LogP contribution in [0.15, 0.2) is 67.0 Å². The summed E-state index contributed by atoms with van der Waals surface area (Å²) in [6.07, 6.45) is 3.41. The van der Waals surface area contributed by atoms with Crippen molar-refractivity contribution in [1.82, 2.24) is 9.97 Å². The van der Waals surface area contributed by atoms with E-state index in [0.717, 1.165) is 22.0 Å². The Hall–Kier alpha value is -3.93. The SMILES string of the molecule is COc1cc(C)c(NC(=O)c2cc(-c3ccncc3)nc3ccccc23)cc1OC. The van der Waals surface area contributed by atoms with Gasteiger partial charge in [-0.3, -0.25) is 9.78 Å². The third kappa shape index (κ3) is 3.67. The average molecular weight is 399 g/mol. The summed E-state index contributed by atoms with van der Waals surface area (Å²) in [6, 6.07) is 16.8. The molecule has 0 aliphatic rings. The molecule has 0 aliphatic carbocycles. The molecule has 150 valence electrons. The van der Waals surface area contributed by atoms with Gasteiger partial charge in [-0.15, -0.1) is 0 Å². The number of anilines is 1. The molecular weight excluding hydrogens is 378 g/mol. The fourth-order valence-electron chi connectivity index (χ4n) is 3.34. The maximum atomic E-state index is 13.3. The van der Waals surface area contributed by atoms with Crippen molar-refractivity contribution in [2.45, 2.75) is 6.92 Å². The van der Waals surface area contributed by atoms with Crippen LogP contribution in [0.2, 0.25) is 0 Å². The summed E-state index contributed by atoms with van der Waals surface area (Å²) in [5, 5.41) is 3.79. The Morgan fingerprint density at radius 3 is 2.37 bits per heavy atom. The van der Waals surface area contributed by atoms with Gasteiger partial charge in [-0.1, -0.05) is 18.2 Å². The number of nitrogens with one attached hydrogen (secondary N) is 1. The number of rotatable bonds is 5. The number of methoxy groups -OCH3 is 2. The molecule has 0 atom stereocenters. The first-order chi connectivity index (χ1) is 14.6. The topological polar surface area (TPSA) is 73.3 Å². The molecule has 0 aliphatic heterocycles. The Morgan fingerprint density at radius 1 is 0.933 bits per heavy atom. The van der Waals surface area contributed by atoms with Crippen molar-refractivity contribution in [2.75, 3.05) is 19.5 Å². The number of para-hydroxylation sites is 1. The average Bonchev–Trinajstić information content (AvgIpc) is 2.79. The van der Waals surface area contributed by atoms with Crippen LogP contribution < -0.4 is 14.8 Å². The molecule has 30 heavy (non-hydrogen) atoms. The van der Waals surface area contributed by atoms with E-state index in [9.17, 15) is 4.79 Å². The first-order valence-electron chi connectivity index (χ1n) is 9.45. The van der Waals surface area contributed by atoms with Crippen molar-refractivity contribution < 1.29 is 14.3 Å². The molecule has 0 radical (unpaired) electrons. The number of carbonyl (C=O) groups excluding carboxylic acids is 1. The number of nitrogens with zero attached hydrogens (tertiary/aromatic N) is 2. The van der Waals surface area contributed by atoms with Gasteiger partial charge in [-0.05, 0) is 42.8 Å². The number of aromatic nitrogens is 2. The normalized spacial score (nSPS) is 10.6. The van der Waals surface area contributed by atoms with Crippen LogP contribution in [0.25, 0.3) is 22.2 Å². The largest absolute Gasteiger partial charge is 0.493 e. The molecule has 1 amide bonds. The molecule has 6 heteroatoms. The van der Waals surface area contributed by atoms with E-state index in [2.05, 4.69) is 10.3 Å². The molecule has 0 saturated heterocycles. The molecule has 4 rings (SSSR count). The maximum Gasteiger partial charge on any atom is 0.256 e. The van der Waals surface area contributed by atoms with Crippen molar-refractivity contribution in [3.05, 3.63) is 78.1 Å². The molecule has 0 bridgehead atoms. The molecule has 0 fully saturated rings. The summed E-state index contributed by atoms with van der Waals surface area (Å²) in [4.78, 5) is 22.1. The summed E-state index contributed by atoms with van der Waals surface area (Å²) in [6.45, 7) is 1.91. The lowest BCUT2D eigenvalue weighted by atomic mass is 10.0. The molecule has 2 aromatic carbocycles. The third-order valence-electron chi connectivity index (χ3n) is 4.92. The van der Waals surface area contributed by atoms with Crippen LogP contribution in [0.3, 0.4) is 0 Å². The van der Waals surface area contributed by atoms with E-state index in [0.29, 0.717) is 28.4 Å². The maximum absolute atomic E-state index is 13.3. The molecule has 0 saturated carbocycles. The smallest absolute Gasteiger partial charge is 0.256 e. The van der Waals surface area contributed by atoms with Gasteiger partial charge in [-0.25, -0.2) is 4.98 Å². The molecule has 2 aromatic heterocycles. The van der Waals surface area contributed by atoms with Gasteiger partial charge < -0.3 is 14.8 Å². The summed E-state index contributed by atoms with van der Waals surface area (Å²) < 4.78 is 10.7. The summed E-state index contributed by atoms with van der Waals surface area (Å²) >= 11 is 0. The highest BCUT2D eigenvalue weighted by Crippen LogP contribution is 2.33. The van der Waals surface area contributed by atoms with E-state index in [1.54, 1.807) is 32.7 Å². The predicted octanol–water partition coefficient (Wildman–Crippen LogP) is 4.87. The zero-order valence-electron chi connectivity index (χ0n) is 17.0. The van der Waals surface area contributed by atoms with Crippen LogP contribution in [-0.2, 0) is 0 Å². The number of benzene rings is 2. The number of hydrogen-bond donors (Lipinski definition) is 1. The Kier molecular flexibility index (Phi) is 5.30. The van der Waals surface area contributed by atoms with Crippen molar-refractivity contribution >= 4 is 22.5 Å². The number of hydrogen-bond acceptors (Lipinski definition) is 5. The highest BCUT2D eigenvalue weighted by molar-refractivity contribution is 6.13. The zero-order valence-corrected chi connectivity index (χ0v) is 17.0. The van der Waals surface area contributed by atoms with Gasteiger partial charge in [0.1, 0.15) is 0 Å². The predicted molar refractivity (Wildman–Crippen MR) is 117 cm³/mol. The fourth-order valence-corrected chi connectivity index (χ4v) is 3.34. The van der Waals surface area contributed by atoms with Gasteiger partial charge in [0.2, 0.25) is 0 Å². The highest BCUT2D eigenvalue weighted by atomic mass is 16.5. The van der Waals surface area contributed by atoms with Crippen molar-refractivity contribution in [1.29, 1.82) is 0 Å². The minimum atomic E-state index is -0.223. The van der Waals surface area contributed by atoms with Crippen LogP contribution in [-0.4, -0.2) is 30.1 Å². The molecule has 1 N–H and O–H groups in total. The van der Waals surface area contributed by atoms with E-state index in [4.69, 9.17) is 14.5 Å². The first kappa shape index (κ1) is 19.4. The lowest BCUT2D eigenvalue weighted by Crippen LogP contribution is -2.14. The second kappa shape index (κ2) is 8.21. The standard InChI is InChI=1S/C24H21N3O3/c1-15-12-22(29-2)23(30-3)14-20(15)27-24(28)18-13-21(16-8-10-25-11-9-16)26-19-7-5-4-6-17(18)19/h4-14H,1-3H3,(H,27,28). The van der Waals surface area contributed by atoms with Gasteiger partial charge in [0, 0.05) is 35.1 Å². The lowest BCUT2D eigenvalue weighted by molar-refractivity contribution is 0.102. The number of aryl methyl sites for hydroxylation is 1.